The minimum atomic E-state index is -0.259. The predicted molar refractivity (Wildman–Crippen MR) is 110 cm³/mol. The van der Waals surface area contributed by atoms with Gasteiger partial charge in [0.1, 0.15) is 18.0 Å². The highest BCUT2D eigenvalue weighted by atomic mass is 16.5. The van der Waals surface area contributed by atoms with Crippen molar-refractivity contribution < 1.29 is 14.0 Å². The molecule has 4 rings (SSSR count). The molecule has 0 unspecified atom stereocenters. The van der Waals surface area contributed by atoms with Gasteiger partial charge in [-0.15, -0.1) is 0 Å². The zero-order valence-electron chi connectivity index (χ0n) is 16.6. The normalized spacial score (nSPS) is 10.7. The standard InChI is InChI=1S/C22H20N4O4/c1-3-29-18-6-4-5-16(13-18)22-23-20(30-25-22)14-26-21(27)12-11-19(24-26)15-7-9-17(28-2)10-8-15/h4-13H,3,14H2,1-2H3. The molecule has 0 aliphatic carbocycles. The number of hydrogen-bond acceptors (Lipinski definition) is 7. The highest BCUT2D eigenvalue weighted by molar-refractivity contribution is 5.59. The Balaban J connectivity index is 1.57. The van der Waals surface area contributed by atoms with Crippen LogP contribution in [0.25, 0.3) is 22.6 Å². The van der Waals surface area contributed by atoms with E-state index in [4.69, 9.17) is 14.0 Å². The summed E-state index contributed by atoms with van der Waals surface area (Å²) in [5.74, 6) is 2.18. The Morgan fingerprint density at radius 3 is 2.60 bits per heavy atom. The van der Waals surface area contributed by atoms with E-state index in [1.54, 1.807) is 13.2 Å². The van der Waals surface area contributed by atoms with Crippen LogP contribution in [0, 0.1) is 0 Å². The molecule has 0 N–H and O–H groups in total. The maximum absolute atomic E-state index is 12.3. The molecule has 0 saturated heterocycles. The molecule has 2 heterocycles. The lowest BCUT2D eigenvalue weighted by atomic mass is 10.1. The molecular formula is C22H20N4O4. The minimum Gasteiger partial charge on any atom is -0.497 e. The molecule has 0 bridgehead atoms. The molecule has 0 atom stereocenters. The number of ether oxygens (including phenoxy) is 2. The Labute approximate surface area is 172 Å². The Morgan fingerprint density at radius 1 is 1.00 bits per heavy atom. The van der Waals surface area contributed by atoms with Crippen molar-refractivity contribution in [3.05, 3.63) is 76.9 Å². The van der Waals surface area contributed by atoms with E-state index in [2.05, 4.69) is 15.2 Å². The maximum atomic E-state index is 12.3. The van der Waals surface area contributed by atoms with E-state index in [0.29, 0.717) is 18.1 Å². The Hall–Kier alpha value is -3.94. The average Bonchev–Trinajstić information content (AvgIpc) is 3.24. The molecule has 0 fully saturated rings. The van der Waals surface area contributed by atoms with Gasteiger partial charge in [-0.1, -0.05) is 17.3 Å². The first-order valence-electron chi connectivity index (χ1n) is 9.44. The number of nitrogens with zero attached hydrogens (tertiary/aromatic N) is 4. The molecule has 2 aromatic carbocycles. The van der Waals surface area contributed by atoms with E-state index in [1.165, 1.54) is 10.7 Å². The number of benzene rings is 2. The molecule has 0 radical (unpaired) electrons. The van der Waals surface area contributed by atoms with E-state index in [0.717, 1.165) is 22.6 Å². The first-order chi connectivity index (χ1) is 14.7. The van der Waals surface area contributed by atoms with Crippen LogP contribution in [-0.4, -0.2) is 33.6 Å². The average molecular weight is 404 g/mol. The summed E-state index contributed by atoms with van der Waals surface area (Å²) in [5, 5.41) is 8.44. The van der Waals surface area contributed by atoms with Crippen molar-refractivity contribution in [2.45, 2.75) is 13.5 Å². The lowest BCUT2D eigenvalue weighted by Gasteiger charge is -2.06. The molecule has 0 spiro atoms. The molecule has 8 heteroatoms. The quantitative estimate of drug-likeness (QED) is 0.466. The van der Waals surface area contributed by atoms with Gasteiger partial charge in [0.2, 0.25) is 11.7 Å². The summed E-state index contributed by atoms with van der Waals surface area (Å²) in [5.41, 5.74) is 2.03. The smallest absolute Gasteiger partial charge is 0.267 e. The van der Waals surface area contributed by atoms with E-state index >= 15 is 0 Å². The molecule has 4 aromatic rings. The SMILES string of the molecule is CCOc1cccc(-c2noc(Cn3nc(-c4ccc(OC)cc4)ccc3=O)n2)c1. The second kappa shape index (κ2) is 8.60. The van der Waals surface area contributed by atoms with Crippen molar-refractivity contribution in [1.29, 1.82) is 0 Å². The van der Waals surface area contributed by atoms with Crippen LogP contribution in [-0.2, 0) is 6.54 Å². The minimum absolute atomic E-state index is 0.0704. The highest BCUT2D eigenvalue weighted by Crippen LogP contribution is 2.22. The molecule has 2 aromatic heterocycles. The molecular weight excluding hydrogens is 384 g/mol. The summed E-state index contributed by atoms with van der Waals surface area (Å²) in [6.45, 7) is 2.56. The third-order valence-corrected chi connectivity index (χ3v) is 4.41. The fourth-order valence-corrected chi connectivity index (χ4v) is 2.93. The van der Waals surface area contributed by atoms with Crippen LogP contribution in [0.5, 0.6) is 11.5 Å². The highest BCUT2D eigenvalue weighted by Gasteiger charge is 2.12. The fourth-order valence-electron chi connectivity index (χ4n) is 2.93. The second-order valence-corrected chi connectivity index (χ2v) is 6.42. The lowest BCUT2D eigenvalue weighted by molar-refractivity contribution is 0.340. The summed E-state index contributed by atoms with van der Waals surface area (Å²) in [6, 6.07) is 18.0. The van der Waals surface area contributed by atoms with Crippen LogP contribution in [0.4, 0.5) is 0 Å². The van der Waals surface area contributed by atoms with Crippen molar-refractivity contribution in [3.63, 3.8) is 0 Å². The zero-order valence-corrected chi connectivity index (χ0v) is 16.6. The van der Waals surface area contributed by atoms with Gasteiger partial charge in [0.05, 0.1) is 19.4 Å². The Kier molecular flexibility index (Phi) is 5.56. The van der Waals surface area contributed by atoms with Gasteiger partial charge in [-0.05, 0) is 49.4 Å². The summed E-state index contributed by atoms with van der Waals surface area (Å²) >= 11 is 0. The van der Waals surface area contributed by atoms with Crippen LogP contribution in [0.1, 0.15) is 12.8 Å². The molecule has 8 nitrogen and oxygen atoms in total. The van der Waals surface area contributed by atoms with Crippen LogP contribution in [0.2, 0.25) is 0 Å². The lowest BCUT2D eigenvalue weighted by Crippen LogP contribution is -2.23. The van der Waals surface area contributed by atoms with Crippen molar-refractivity contribution in [3.8, 4) is 34.1 Å². The first-order valence-corrected chi connectivity index (χ1v) is 9.44. The molecule has 30 heavy (non-hydrogen) atoms. The zero-order chi connectivity index (χ0) is 20.9. The van der Waals surface area contributed by atoms with E-state index < -0.39 is 0 Å². The summed E-state index contributed by atoms with van der Waals surface area (Å²) < 4.78 is 17.3. The van der Waals surface area contributed by atoms with E-state index in [9.17, 15) is 4.79 Å². The molecule has 0 amide bonds. The van der Waals surface area contributed by atoms with Crippen molar-refractivity contribution in [1.82, 2.24) is 19.9 Å². The summed E-state index contributed by atoms with van der Waals surface area (Å²) in [4.78, 5) is 16.7. The number of rotatable bonds is 7. The summed E-state index contributed by atoms with van der Waals surface area (Å²) in [7, 11) is 1.61. The van der Waals surface area contributed by atoms with E-state index in [-0.39, 0.29) is 18.0 Å². The van der Waals surface area contributed by atoms with Crippen molar-refractivity contribution in [2.24, 2.45) is 0 Å². The van der Waals surface area contributed by atoms with Gasteiger partial charge < -0.3 is 14.0 Å². The van der Waals surface area contributed by atoms with Gasteiger partial charge in [0.25, 0.3) is 5.56 Å². The maximum Gasteiger partial charge on any atom is 0.267 e. The van der Waals surface area contributed by atoms with Crippen LogP contribution in [0.3, 0.4) is 0 Å². The third kappa shape index (κ3) is 4.22. The van der Waals surface area contributed by atoms with Crippen molar-refractivity contribution >= 4 is 0 Å². The largest absolute Gasteiger partial charge is 0.497 e. The van der Waals surface area contributed by atoms with Gasteiger partial charge >= 0.3 is 0 Å². The van der Waals surface area contributed by atoms with E-state index in [1.807, 2.05) is 55.5 Å². The van der Waals surface area contributed by atoms with Gasteiger partial charge in [0, 0.05) is 17.2 Å². The topological polar surface area (TPSA) is 92.3 Å². The van der Waals surface area contributed by atoms with Gasteiger partial charge in [-0.2, -0.15) is 10.1 Å². The second-order valence-electron chi connectivity index (χ2n) is 6.42. The molecule has 152 valence electrons. The summed E-state index contributed by atoms with van der Waals surface area (Å²) in [6.07, 6.45) is 0. The van der Waals surface area contributed by atoms with Gasteiger partial charge in [-0.25, -0.2) is 4.68 Å². The predicted octanol–water partition coefficient (Wildman–Crippen LogP) is 3.42. The molecule has 0 aliphatic rings. The van der Waals surface area contributed by atoms with Crippen LogP contribution < -0.4 is 15.0 Å². The Bertz CT molecular complexity index is 1200. The first kappa shape index (κ1) is 19.4. The number of methoxy groups -OCH3 is 1. The molecule has 0 saturated carbocycles. The van der Waals surface area contributed by atoms with Crippen LogP contribution >= 0.6 is 0 Å². The van der Waals surface area contributed by atoms with Gasteiger partial charge in [-0.3, -0.25) is 4.79 Å². The monoisotopic (exact) mass is 404 g/mol. The van der Waals surface area contributed by atoms with Gasteiger partial charge in [0.15, 0.2) is 0 Å². The number of hydrogen-bond donors (Lipinski definition) is 0. The fraction of sp³-hybridized carbons (Fsp3) is 0.182. The van der Waals surface area contributed by atoms with Crippen LogP contribution in [0.15, 0.2) is 70.0 Å². The Morgan fingerprint density at radius 2 is 1.83 bits per heavy atom. The molecule has 0 aliphatic heterocycles. The number of aromatic nitrogens is 4. The third-order valence-electron chi connectivity index (χ3n) is 4.41. The van der Waals surface area contributed by atoms with Crippen molar-refractivity contribution in [2.75, 3.05) is 13.7 Å².